The third kappa shape index (κ3) is 15.9. The number of ketones is 1. The van der Waals surface area contributed by atoms with Gasteiger partial charge in [-0.2, -0.15) is 4.98 Å². The number of aliphatic hydroxyl groups is 1. The molecule has 1 atom stereocenters. The number of nitrogens with one attached hydrogen (secondary N) is 2. The average molecular weight is 1180 g/mol. The SMILES string of the molecule is C=CCn1c(=O)c2cnc(Nc3ccc(N4CCN(CCCCC(=O)CCOCCOCCOCCN5CCN(Cc6ccc(COc7cccc8c7CN(C7CCC(=C)NC7=O)C8=O)cc6)CC5)CC4)cc3)nc2n1-c1cccc(C(C)(C)O)n1. The van der Waals surface area contributed by atoms with Crippen molar-refractivity contribution in [2.75, 3.05) is 115 Å². The molecule has 21 nitrogen and oxygen atoms in total. The molecule has 0 aliphatic carbocycles. The molecule has 1 unspecified atom stereocenters. The monoisotopic (exact) mass is 1170 g/mol. The zero-order valence-electron chi connectivity index (χ0n) is 49.8. The molecule has 86 heavy (non-hydrogen) atoms. The number of hydrogen-bond acceptors (Lipinski definition) is 17. The van der Waals surface area contributed by atoms with Crippen molar-refractivity contribution in [1.29, 1.82) is 0 Å². The topological polar surface area (TPSA) is 214 Å². The summed E-state index contributed by atoms with van der Waals surface area (Å²) in [6, 6.07) is 27.1. The lowest BCUT2D eigenvalue weighted by Gasteiger charge is -2.36. The molecule has 0 spiro atoms. The number of pyridine rings is 1. The number of amides is 2. The van der Waals surface area contributed by atoms with Crippen LogP contribution in [0.2, 0.25) is 0 Å². The Morgan fingerprint density at radius 2 is 1.47 bits per heavy atom. The van der Waals surface area contributed by atoms with E-state index in [1.807, 2.05) is 30.3 Å². The van der Waals surface area contributed by atoms with Crippen LogP contribution < -0.4 is 25.8 Å². The van der Waals surface area contributed by atoms with E-state index in [0.29, 0.717) is 124 Å². The van der Waals surface area contributed by atoms with Crippen molar-refractivity contribution in [2.45, 2.75) is 90.3 Å². The number of unbranched alkanes of at least 4 members (excludes halogenated alkanes) is 1. The van der Waals surface area contributed by atoms with Crippen LogP contribution in [0.5, 0.6) is 5.75 Å². The summed E-state index contributed by atoms with van der Waals surface area (Å²) in [5.41, 5.74) is 5.77. The van der Waals surface area contributed by atoms with E-state index < -0.39 is 11.6 Å². The number of Topliss-reactive ketones (excluding diaryl/α,β-unsaturated/α-hetero) is 1. The number of piperidine rings is 1. The third-order valence-corrected chi connectivity index (χ3v) is 16.4. The molecule has 3 aromatic heterocycles. The standard InChI is InChI=1S/C65H82N12O9/c1-5-26-76-63(81)54-43-66-64(70-60(54)77(76)59-14-9-13-58(69-59)65(3,4)82)68-50-20-22-51(23-21-50)74-34-32-71(33-35-74)27-7-6-10-52(78)25-37-83-39-41-85-42-40-84-38-36-72-28-30-73(31-29-72)44-48-16-18-49(19-17-48)46-86-57-12-8-11-53-55(57)45-75(62(53)80)56-24-15-47(2)67-61(56)79/h5,8-9,11-14,16-23,43,56,82H,1-2,6-7,10,15,24-42,44-46H2,3-4H3,(H,67,79)(H,66,68,70). The lowest BCUT2D eigenvalue weighted by atomic mass is 10.0. The van der Waals surface area contributed by atoms with Crippen molar-refractivity contribution >= 4 is 46.0 Å². The van der Waals surface area contributed by atoms with Gasteiger partial charge in [0.05, 0.1) is 58.4 Å². The summed E-state index contributed by atoms with van der Waals surface area (Å²) in [5, 5.41) is 17.1. The van der Waals surface area contributed by atoms with Crippen LogP contribution in [0.25, 0.3) is 16.9 Å². The average Bonchev–Trinajstić information content (AvgIpc) is 2.00. The molecule has 456 valence electrons. The second-order valence-electron chi connectivity index (χ2n) is 23.0. The van der Waals surface area contributed by atoms with Gasteiger partial charge in [-0.05, 0) is 106 Å². The first-order valence-corrected chi connectivity index (χ1v) is 30.2. The van der Waals surface area contributed by atoms with Crippen LogP contribution in [0.1, 0.15) is 85.1 Å². The number of rotatable bonds is 30. The van der Waals surface area contributed by atoms with Crippen molar-refractivity contribution in [2.24, 2.45) is 0 Å². The molecule has 3 saturated heterocycles. The predicted molar refractivity (Wildman–Crippen MR) is 330 cm³/mol. The van der Waals surface area contributed by atoms with Gasteiger partial charge in [-0.25, -0.2) is 19.3 Å². The zero-order chi connectivity index (χ0) is 60.0. The van der Waals surface area contributed by atoms with Gasteiger partial charge >= 0.3 is 0 Å². The smallest absolute Gasteiger partial charge is 0.278 e. The number of carbonyl (C=O) groups is 3. The molecule has 21 heteroatoms. The maximum absolute atomic E-state index is 13.4. The minimum atomic E-state index is -1.18. The second-order valence-corrected chi connectivity index (χ2v) is 23.0. The summed E-state index contributed by atoms with van der Waals surface area (Å²) in [7, 11) is 0. The van der Waals surface area contributed by atoms with Gasteiger partial charge in [0.1, 0.15) is 35.2 Å². The van der Waals surface area contributed by atoms with Gasteiger partial charge in [0, 0.05) is 113 Å². The summed E-state index contributed by atoms with van der Waals surface area (Å²) in [6.45, 7) is 25.5. The Labute approximate surface area is 503 Å². The third-order valence-electron chi connectivity index (χ3n) is 16.4. The van der Waals surface area contributed by atoms with Crippen LogP contribution in [-0.4, -0.2) is 178 Å². The highest BCUT2D eigenvalue weighted by molar-refractivity contribution is 6.02. The van der Waals surface area contributed by atoms with Gasteiger partial charge in [0.2, 0.25) is 11.9 Å². The van der Waals surface area contributed by atoms with E-state index in [-0.39, 0.29) is 29.7 Å². The highest BCUT2D eigenvalue weighted by Gasteiger charge is 2.39. The number of fused-ring (bicyclic) bond motifs is 2. The lowest BCUT2D eigenvalue weighted by Crippen LogP contribution is -2.49. The number of allylic oxidation sites excluding steroid dienone is 2. The van der Waals surface area contributed by atoms with Gasteiger partial charge in [-0.15, -0.1) is 6.58 Å². The molecule has 0 saturated carbocycles. The number of nitrogens with zero attached hydrogens (tertiary/aromatic N) is 10. The van der Waals surface area contributed by atoms with Crippen molar-refractivity contribution in [1.82, 2.24) is 49.2 Å². The Bertz CT molecular complexity index is 3360. The highest BCUT2D eigenvalue weighted by Crippen LogP contribution is 2.35. The molecule has 10 rings (SSSR count). The molecule has 6 aromatic rings. The molecule has 3 aromatic carbocycles. The molecule has 7 heterocycles. The number of aromatic nitrogens is 5. The summed E-state index contributed by atoms with van der Waals surface area (Å²) in [4.78, 5) is 77.2. The number of hydrogen-bond donors (Lipinski definition) is 3. The molecule has 0 radical (unpaired) electrons. The minimum Gasteiger partial charge on any atom is -0.489 e. The molecule has 4 aliphatic rings. The lowest BCUT2D eigenvalue weighted by molar-refractivity contribution is -0.126. The Hall–Kier alpha value is -7.63. The Kier molecular flexibility index (Phi) is 20.8. The van der Waals surface area contributed by atoms with Crippen molar-refractivity contribution in [3.8, 4) is 11.6 Å². The maximum atomic E-state index is 13.4. The molecule has 3 fully saturated rings. The molecule has 4 aliphatic heterocycles. The van der Waals surface area contributed by atoms with Crippen LogP contribution in [0.3, 0.4) is 0 Å². The van der Waals surface area contributed by atoms with E-state index in [1.54, 1.807) is 47.7 Å². The van der Waals surface area contributed by atoms with Gasteiger partial charge in [-0.1, -0.05) is 49.1 Å². The van der Waals surface area contributed by atoms with E-state index in [4.69, 9.17) is 23.9 Å². The van der Waals surface area contributed by atoms with Crippen LogP contribution >= 0.6 is 0 Å². The first-order chi connectivity index (χ1) is 41.8. The number of benzene rings is 3. The summed E-state index contributed by atoms with van der Waals surface area (Å²) in [5.74, 6) is 1.37. The Morgan fingerprint density at radius 1 is 0.779 bits per heavy atom. The van der Waals surface area contributed by atoms with E-state index >= 15 is 0 Å². The summed E-state index contributed by atoms with van der Waals surface area (Å²) >= 11 is 0. The van der Waals surface area contributed by atoms with E-state index in [9.17, 15) is 24.3 Å². The second kappa shape index (κ2) is 29.2. The molecule has 2 amide bonds. The summed E-state index contributed by atoms with van der Waals surface area (Å²) < 4.78 is 26.7. The van der Waals surface area contributed by atoms with E-state index in [0.717, 1.165) is 107 Å². The van der Waals surface area contributed by atoms with Crippen LogP contribution in [0.15, 0.2) is 121 Å². The quantitative estimate of drug-likeness (QED) is 0.0321. The maximum Gasteiger partial charge on any atom is 0.278 e. The van der Waals surface area contributed by atoms with Gasteiger partial charge in [-0.3, -0.25) is 33.9 Å². The molecular formula is C65H82N12O9. The summed E-state index contributed by atoms with van der Waals surface area (Å²) in [6.07, 6.45) is 7.24. The van der Waals surface area contributed by atoms with Crippen molar-refractivity contribution in [3.63, 3.8) is 0 Å². The molecular weight excluding hydrogens is 1090 g/mol. The number of anilines is 3. The first-order valence-electron chi connectivity index (χ1n) is 30.2. The van der Waals surface area contributed by atoms with Gasteiger partial charge in [0.15, 0.2) is 11.5 Å². The fourth-order valence-electron chi connectivity index (χ4n) is 11.4. The van der Waals surface area contributed by atoms with Gasteiger partial charge in [0.25, 0.3) is 11.5 Å². The minimum absolute atomic E-state index is 0.134. The van der Waals surface area contributed by atoms with Crippen molar-refractivity contribution < 1.29 is 38.4 Å². The Morgan fingerprint density at radius 3 is 2.20 bits per heavy atom. The van der Waals surface area contributed by atoms with E-state index in [2.05, 4.69) is 89.8 Å². The fraction of sp³-hybridized carbons (Fsp3) is 0.462. The number of piperazine rings is 2. The largest absolute Gasteiger partial charge is 0.489 e. The first kappa shape index (κ1) is 61.5. The van der Waals surface area contributed by atoms with Gasteiger partial charge < -0.3 is 44.5 Å². The normalized spacial score (nSPS) is 17.1. The Balaban J connectivity index is 0.524. The fourth-order valence-corrected chi connectivity index (χ4v) is 11.4. The number of ether oxygens (including phenoxy) is 4. The zero-order valence-corrected chi connectivity index (χ0v) is 49.8. The van der Waals surface area contributed by atoms with Crippen LogP contribution in [0.4, 0.5) is 17.3 Å². The molecule has 0 bridgehead atoms. The van der Waals surface area contributed by atoms with Crippen LogP contribution in [0, 0.1) is 0 Å². The number of carbonyl (C=O) groups excluding carboxylic acids is 3. The predicted octanol–water partition coefficient (Wildman–Crippen LogP) is 6.58. The van der Waals surface area contributed by atoms with E-state index in [1.165, 1.54) is 16.4 Å². The molecule has 3 N–H and O–H groups in total. The highest BCUT2D eigenvalue weighted by atomic mass is 16.5. The van der Waals surface area contributed by atoms with Crippen LogP contribution in [-0.2, 0) is 55.6 Å². The van der Waals surface area contributed by atoms with Crippen molar-refractivity contribution in [3.05, 3.63) is 154 Å².